The van der Waals surface area contributed by atoms with Gasteiger partial charge in [0, 0.05) is 12.8 Å². The fourth-order valence-corrected chi connectivity index (χ4v) is 12.0. The van der Waals surface area contributed by atoms with E-state index in [0.717, 1.165) is 116 Å². The van der Waals surface area contributed by atoms with Gasteiger partial charge >= 0.3 is 11.9 Å². The number of esters is 2. The number of likely N-dealkylation sites (N-methyl/N-ethyl adjacent to an activating group) is 1. The van der Waals surface area contributed by atoms with Crippen LogP contribution in [0.3, 0.4) is 0 Å². The highest BCUT2D eigenvalue weighted by molar-refractivity contribution is 5.70. The molecular formula is C92H159NO8. The number of quaternary nitrogens is 1. The molecule has 9 nitrogen and oxygen atoms in total. The molecule has 580 valence electrons. The van der Waals surface area contributed by atoms with Crippen LogP contribution >= 0.6 is 0 Å². The summed E-state index contributed by atoms with van der Waals surface area (Å²) in [6, 6.07) is 0. The third-order valence-corrected chi connectivity index (χ3v) is 18.4. The molecule has 101 heavy (non-hydrogen) atoms. The Balaban J connectivity index is 4.07. The Morgan fingerprint density at radius 3 is 0.842 bits per heavy atom. The van der Waals surface area contributed by atoms with Crippen LogP contribution in [-0.4, -0.2) is 82.3 Å². The van der Waals surface area contributed by atoms with Gasteiger partial charge in [-0.2, -0.15) is 0 Å². The summed E-state index contributed by atoms with van der Waals surface area (Å²) in [5.41, 5.74) is 0. The maximum atomic E-state index is 13.0. The number of allylic oxidation sites excluding steroid dienone is 22. The first kappa shape index (κ1) is 96.4. The lowest BCUT2D eigenvalue weighted by Crippen LogP contribution is -2.44. The second-order valence-corrected chi connectivity index (χ2v) is 29.4. The van der Waals surface area contributed by atoms with Crippen LogP contribution in [0.5, 0.6) is 0 Å². The molecule has 0 fully saturated rings. The molecule has 9 heteroatoms. The van der Waals surface area contributed by atoms with Crippen LogP contribution < -0.4 is 5.11 Å². The van der Waals surface area contributed by atoms with Gasteiger partial charge < -0.3 is 33.3 Å². The molecule has 0 aliphatic carbocycles. The number of hydrogen-bond acceptors (Lipinski definition) is 8. The number of carboxylic acids is 1. The molecule has 0 saturated carbocycles. The SMILES string of the molecule is CC/C=C\C/C=C\C/C=C\C/C=C\C/C=C\C/C=C\C/C=C\C/C=C\C/C=C\C/C=C\C/C=C\CCCCCCCCCC(=O)OC(COC(=O)CCCCCCCCCCCCCCCCCCCCCCCCCCCCCCCCCCCCC)COC(OCC[N+](C)(C)C)C(=O)[O-]. The Labute approximate surface area is 624 Å². The van der Waals surface area contributed by atoms with Gasteiger partial charge in [0.05, 0.1) is 40.3 Å². The summed E-state index contributed by atoms with van der Waals surface area (Å²) in [6.45, 7) is 4.66. The van der Waals surface area contributed by atoms with E-state index in [4.69, 9.17) is 18.9 Å². The first-order valence-electron chi connectivity index (χ1n) is 42.3. The van der Waals surface area contributed by atoms with Crippen molar-refractivity contribution in [2.75, 3.05) is 47.5 Å². The van der Waals surface area contributed by atoms with E-state index in [1.165, 1.54) is 225 Å². The Morgan fingerprint density at radius 1 is 0.307 bits per heavy atom. The number of aliphatic carboxylic acids is 1. The van der Waals surface area contributed by atoms with Crippen molar-refractivity contribution >= 4 is 17.9 Å². The van der Waals surface area contributed by atoms with Crippen LogP contribution in [0.15, 0.2) is 134 Å². The minimum Gasteiger partial charge on any atom is -0.545 e. The lowest BCUT2D eigenvalue weighted by atomic mass is 10.0. The second kappa shape index (κ2) is 81.1. The lowest BCUT2D eigenvalue weighted by Gasteiger charge is -2.26. The van der Waals surface area contributed by atoms with Crippen molar-refractivity contribution in [1.82, 2.24) is 0 Å². The normalized spacial score (nSPS) is 13.3. The highest BCUT2D eigenvalue weighted by atomic mass is 16.7. The fraction of sp³-hybridized carbons (Fsp3) is 0.728. The quantitative estimate of drug-likeness (QED) is 0.0195. The molecule has 0 aromatic heterocycles. The van der Waals surface area contributed by atoms with Crippen LogP contribution in [0.1, 0.15) is 373 Å². The van der Waals surface area contributed by atoms with Crippen LogP contribution in [0.4, 0.5) is 0 Å². The number of rotatable bonds is 78. The van der Waals surface area contributed by atoms with Crippen molar-refractivity contribution in [2.24, 2.45) is 0 Å². The molecule has 2 unspecified atom stereocenters. The largest absolute Gasteiger partial charge is 0.545 e. The van der Waals surface area contributed by atoms with Crippen molar-refractivity contribution in [3.8, 4) is 0 Å². The predicted octanol–water partition coefficient (Wildman–Crippen LogP) is 26.3. The molecule has 2 atom stereocenters. The molecule has 0 heterocycles. The monoisotopic (exact) mass is 1410 g/mol. The number of carbonyl (C=O) groups is 3. The Bertz CT molecular complexity index is 2130. The molecule has 0 bridgehead atoms. The molecule has 0 amide bonds. The van der Waals surface area contributed by atoms with Gasteiger partial charge in [-0.25, -0.2) is 0 Å². The smallest absolute Gasteiger partial charge is 0.306 e. The highest BCUT2D eigenvalue weighted by Gasteiger charge is 2.22. The predicted molar refractivity (Wildman–Crippen MR) is 435 cm³/mol. The van der Waals surface area contributed by atoms with Gasteiger partial charge in [-0.15, -0.1) is 0 Å². The molecule has 0 radical (unpaired) electrons. The molecule has 0 spiro atoms. The van der Waals surface area contributed by atoms with Gasteiger partial charge in [0.2, 0.25) is 0 Å². The van der Waals surface area contributed by atoms with Crippen LogP contribution in [-0.2, 0) is 33.3 Å². The zero-order valence-corrected chi connectivity index (χ0v) is 66.5. The number of hydrogen-bond donors (Lipinski definition) is 0. The Kier molecular flexibility index (Phi) is 77.4. The molecule has 0 aliphatic rings. The molecule has 0 rings (SSSR count). The molecule has 0 aromatic rings. The van der Waals surface area contributed by atoms with Crippen LogP contribution in [0.25, 0.3) is 0 Å². The van der Waals surface area contributed by atoms with E-state index < -0.39 is 24.3 Å². The van der Waals surface area contributed by atoms with Gasteiger partial charge in [0.1, 0.15) is 13.2 Å². The van der Waals surface area contributed by atoms with E-state index >= 15 is 0 Å². The molecule has 0 N–H and O–H groups in total. The van der Waals surface area contributed by atoms with Gasteiger partial charge in [-0.3, -0.25) is 9.59 Å². The average Bonchev–Trinajstić information content (AvgIpc) is 1.21. The van der Waals surface area contributed by atoms with E-state index in [-0.39, 0.29) is 38.6 Å². The average molecular weight is 1410 g/mol. The van der Waals surface area contributed by atoms with Gasteiger partial charge in [-0.1, -0.05) is 398 Å². The third kappa shape index (κ3) is 82.6. The second-order valence-electron chi connectivity index (χ2n) is 29.4. The Hall–Kier alpha value is -4.57. The first-order chi connectivity index (χ1) is 49.6. The lowest BCUT2D eigenvalue weighted by molar-refractivity contribution is -0.870. The maximum absolute atomic E-state index is 13.0. The number of nitrogens with zero attached hydrogens (tertiary/aromatic N) is 1. The number of ether oxygens (including phenoxy) is 4. The van der Waals surface area contributed by atoms with E-state index in [2.05, 4.69) is 148 Å². The van der Waals surface area contributed by atoms with Gasteiger partial charge in [0.15, 0.2) is 12.4 Å². The summed E-state index contributed by atoms with van der Waals surface area (Å²) < 4.78 is 22.9. The highest BCUT2D eigenvalue weighted by Crippen LogP contribution is 2.19. The van der Waals surface area contributed by atoms with Crippen molar-refractivity contribution in [3.05, 3.63) is 134 Å². The van der Waals surface area contributed by atoms with Gasteiger partial charge in [0.25, 0.3) is 0 Å². The van der Waals surface area contributed by atoms with Crippen molar-refractivity contribution in [3.63, 3.8) is 0 Å². The van der Waals surface area contributed by atoms with E-state index in [0.29, 0.717) is 17.4 Å². The number of carboxylic acid groups (broad SMARTS) is 1. The van der Waals surface area contributed by atoms with Gasteiger partial charge in [-0.05, 0) is 96.3 Å². The van der Waals surface area contributed by atoms with Crippen LogP contribution in [0, 0.1) is 0 Å². The summed E-state index contributed by atoms with van der Waals surface area (Å²) in [6.07, 6.45) is 114. The summed E-state index contributed by atoms with van der Waals surface area (Å²) in [5, 5.41) is 11.9. The zero-order chi connectivity index (χ0) is 73.2. The van der Waals surface area contributed by atoms with E-state index in [1.54, 1.807) is 0 Å². The molecular weight excluding hydrogens is 1250 g/mol. The maximum Gasteiger partial charge on any atom is 0.306 e. The fourth-order valence-electron chi connectivity index (χ4n) is 12.0. The Morgan fingerprint density at radius 2 is 0.564 bits per heavy atom. The summed E-state index contributed by atoms with van der Waals surface area (Å²) in [5.74, 6) is -2.29. The van der Waals surface area contributed by atoms with E-state index in [9.17, 15) is 19.5 Å². The van der Waals surface area contributed by atoms with E-state index in [1.807, 2.05) is 21.1 Å². The van der Waals surface area contributed by atoms with Crippen LogP contribution in [0.2, 0.25) is 0 Å². The topological polar surface area (TPSA) is 111 Å². The minimum atomic E-state index is -1.63. The molecule has 0 aromatic carbocycles. The first-order valence-corrected chi connectivity index (χ1v) is 42.3. The van der Waals surface area contributed by atoms with Crippen molar-refractivity contribution < 1.29 is 42.9 Å². The minimum absolute atomic E-state index is 0.141. The number of carbonyl (C=O) groups excluding carboxylic acids is 3. The molecule has 0 saturated heterocycles. The number of unbranched alkanes of at least 4 members (excludes halogenated alkanes) is 41. The van der Waals surface area contributed by atoms with Crippen molar-refractivity contribution in [2.45, 2.75) is 386 Å². The third-order valence-electron chi connectivity index (χ3n) is 18.4. The zero-order valence-electron chi connectivity index (χ0n) is 66.5. The standard InChI is InChI=1S/C92H159NO8/c1-6-8-10-12-14-16-18-20-22-24-26-28-30-32-34-36-38-40-42-43-44-45-46-47-49-51-53-55-57-59-61-63-65-67-69-71-73-75-77-79-81-83-90(95)101-88(87-100-92(91(96)97)98-85-84-93(3,4)5)86-99-89(94)82-80-78-76-74-72-70-68-66-64-62-60-58-56-54-52-50-48-41-39-37-35-33-31-29-27-25-23-21-19-17-15-13-11-9-7-2/h8,10,14,16,20,22,26,28,32,34,38,40,43-44,46-47,51,53,57,59,63,65,88,92H,6-7,9,11-13,15,17-19,21,23-25,27,29-31,33,35-37,39,41-42,45,48-50,52,54-56,58,60-62,64,66-87H2,1-5H3/b10-8-,16-14-,22-20-,28-26-,34-32-,40-38-,44-43-,47-46-,53-51-,59-57-,65-63-. The summed E-state index contributed by atoms with van der Waals surface area (Å²) in [7, 11) is 5.93. The summed E-state index contributed by atoms with van der Waals surface area (Å²) >= 11 is 0. The molecule has 0 aliphatic heterocycles. The summed E-state index contributed by atoms with van der Waals surface area (Å²) in [4.78, 5) is 37.6. The van der Waals surface area contributed by atoms with Crippen molar-refractivity contribution in [1.29, 1.82) is 0 Å².